The number of hydrogen-bond donors (Lipinski definition) is 1. The van der Waals surface area contributed by atoms with Crippen molar-refractivity contribution in [2.24, 2.45) is 0 Å². The molecule has 0 fully saturated rings. The first-order valence-electron chi connectivity index (χ1n) is 8.43. The number of aromatic nitrogens is 1. The van der Waals surface area contributed by atoms with Crippen molar-refractivity contribution < 1.29 is 4.79 Å². The highest BCUT2D eigenvalue weighted by Crippen LogP contribution is 2.25. The minimum Gasteiger partial charge on any atom is -0.335 e. The molecule has 0 saturated carbocycles. The van der Waals surface area contributed by atoms with Crippen LogP contribution in [-0.2, 0) is 4.79 Å². The zero-order chi connectivity index (χ0) is 17.3. The van der Waals surface area contributed by atoms with Gasteiger partial charge in [0, 0.05) is 17.4 Å². The summed E-state index contributed by atoms with van der Waals surface area (Å²) in [6.45, 7) is 8.34. The fraction of sp³-hybridized carbons (Fsp3) is 0.286. The number of benzene rings is 2. The predicted octanol–water partition coefficient (Wildman–Crippen LogP) is 5.27. The molecule has 1 N–H and O–H groups in total. The van der Waals surface area contributed by atoms with Crippen molar-refractivity contribution in [3.05, 3.63) is 65.9 Å². The van der Waals surface area contributed by atoms with Crippen molar-refractivity contribution in [3.63, 3.8) is 0 Å². The minimum atomic E-state index is -0.270. The summed E-state index contributed by atoms with van der Waals surface area (Å²) in [4.78, 5) is 12.6. The van der Waals surface area contributed by atoms with Crippen LogP contribution in [-0.4, -0.2) is 10.5 Å². The molecule has 1 unspecified atom stereocenters. The lowest BCUT2D eigenvalue weighted by atomic mass is 10.0. The minimum absolute atomic E-state index is 0.00992. The van der Waals surface area contributed by atoms with Crippen molar-refractivity contribution in [1.82, 2.24) is 4.57 Å². The molecule has 2 aromatic carbocycles. The van der Waals surface area contributed by atoms with E-state index in [1.54, 1.807) is 0 Å². The van der Waals surface area contributed by atoms with Crippen LogP contribution >= 0.6 is 0 Å². The van der Waals surface area contributed by atoms with E-state index < -0.39 is 0 Å². The molecule has 0 aliphatic heterocycles. The molecule has 0 bridgehead atoms. The van der Waals surface area contributed by atoms with Gasteiger partial charge in [0.25, 0.3) is 0 Å². The molecule has 1 atom stereocenters. The molecule has 3 heteroatoms. The lowest BCUT2D eigenvalue weighted by Gasteiger charge is -2.16. The summed E-state index contributed by atoms with van der Waals surface area (Å²) in [6.07, 6.45) is 1.99. The maximum Gasteiger partial charge on any atom is 0.247 e. The maximum atomic E-state index is 12.6. The quantitative estimate of drug-likeness (QED) is 0.698. The average molecular weight is 320 g/mol. The molecule has 0 aliphatic carbocycles. The van der Waals surface area contributed by atoms with Crippen molar-refractivity contribution in [2.45, 2.75) is 39.7 Å². The Hall–Kier alpha value is -2.55. The first-order chi connectivity index (χ1) is 11.5. The van der Waals surface area contributed by atoms with Crippen LogP contribution in [0.25, 0.3) is 10.9 Å². The summed E-state index contributed by atoms with van der Waals surface area (Å²) in [5, 5.41) is 4.17. The Morgan fingerprint density at radius 3 is 2.38 bits per heavy atom. The Balaban J connectivity index is 1.83. The van der Waals surface area contributed by atoms with Gasteiger partial charge < -0.3 is 9.88 Å². The lowest BCUT2D eigenvalue weighted by Crippen LogP contribution is -2.23. The molecule has 0 spiro atoms. The fourth-order valence-electron chi connectivity index (χ4n) is 2.89. The number of anilines is 1. The largest absolute Gasteiger partial charge is 0.335 e. The first-order valence-corrected chi connectivity index (χ1v) is 8.43. The Morgan fingerprint density at radius 2 is 1.71 bits per heavy atom. The van der Waals surface area contributed by atoms with E-state index in [9.17, 15) is 4.79 Å². The molecule has 0 saturated heterocycles. The van der Waals surface area contributed by atoms with Crippen LogP contribution in [0, 0.1) is 6.92 Å². The molecule has 24 heavy (non-hydrogen) atoms. The van der Waals surface area contributed by atoms with E-state index in [4.69, 9.17) is 0 Å². The van der Waals surface area contributed by atoms with Gasteiger partial charge in [-0.15, -0.1) is 0 Å². The number of nitrogens with one attached hydrogen (secondary N) is 1. The maximum absolute atomic E-state index is 12.6. The van der Waals surface area contributed by atoms with Gasteiger partial charge in [-0.3, -0.25) is 4.79 Å². The molecule has 0 aliphatic rings. The standard InChI is InChI=1S/C21H24N2O/c1-14(2)17-7-10-20-18(13-17)11-12-23(20)16(4)21(24)22-19-8-5-15(3)6-9-19/h5-14,16H,1-4H3,(H,22,24). The second-order valence-electron chi connectivity index (χ2n) is 6.73. The van der Waals surface area contributed by atoms with Gasteiger partial charge in [0.2, 0.25) is 5.91 Å². The van der Waals surface area contributed by atoms with Crippen LogP contribution in [0.5, 0.6) is 0 Å². The number of hydrogen-bond acceptors (Lipinski definition) is 1. The fourth-order valence-corrected chi connectivity index (χ4v) is 2.89. The first kappa shape index (κ1) is 16.3. The third-order valence-corrected chi connectivity index (χ3v) is 4.53. The van der Waals surface area contributed by atoms with Gasteiger partial charge in [-0.1, -0.05) is 37.6 Å². The van der Waals surface area contributed by atoms with E-state index in [0.717, 1.165) is 11.2 Å². The summed E-state index contributed by atoms with van der Waals surface area (Å²) >= 11 is 0. The summed E-state index contributed by atoms with van der Waals surface area (Å²) < 4.78 is 2.03. The van der Waals surface area contributed by atoms with Crippen molar-refractivity contribution in [1.29, 1.82) is 0 Å². The number of rotatable bonds is 4. The zero-order valence-corrected chi connectivity index (χ0v) is 14.7. The van der Waals surface area contributed by atoms with Crippen LogP contribution in [0.3, 0.4) is 0 Å². The number of fused-ring (bicyclic) bond motifs is 1. The number of amides is 1. The summed E-state index contributed by atoms with van der Waals surface area (Å²) in [5.74, 6) is 0.490. The highest BCUT2D eigenvalue weighted by atomic mass is 16.2. The zero-order valence-electron chi connectivity index (χ0n) is 14.7. The predicted molar refractivity (Wildman–Crippen MR) is 101 cm³/mol. The van der Waals surface area contributed by atoms with Crippen molar-refractivity contribution in [3.8, 4) is 0 Å². The van der Waals surface area contributed by atoms with Crippen LogP contribution in [0.2, 0.25) is 0 Å². The van der Waals surface area contributed by atoms with Crippen LogP contribution in [0.15, 0.2) is 54.7 Å². The van der Waals surface area contributed by atoms with E-state index >= 15 is 0 Å². The molecule has 1 heterocycles. The van der Waals surface area contributed by atoms with Crippen LogP contribution < -0.4 is 5.32 Å². The molecule has 3 nitrogen and oxygen atoms in total. The summed E-state index contributed by atoms with van der Waals surface area (Å²) in [6, 6.07) is 16.1. The highest BCUT2D eigenvalue weighted by Gasteiger charge is 2.17. The lowest BCUT2D eigenvalue weighted by molar-refractivity contribution is -0.118. The van der Waals surface area contributed by atoms with Gasteiger partial charge >= 0.3 is 0 Å². The van der Waals surface area contributed by atoms with E-state index in [1.165, 1.54) is 16.5 Å². The van der Waals surface area contributed by atoms with E-state index in [-0.39, 0.29) is 11.9 Å². The van der Waals surface area contributed by atoms with Crippen LogP contribution in [0.4, 0.5) is 5.69 Å². The van der Waals surface area contributed by atoms with Gasteiger partial charge in [-0.2, -0.15) is 0 Å². The molecule has 1 amide bonds. The summed E-state index contributed by atoms with van der Waals surface area (Å²) in [7, 11) is 0. The topological polar surface area (TPSA) is 34.0 Å². The number of carbonyl (C=O) groups excluding carboxylic acids is 1. The second kappa shape index (κ2) is 6.52. The third-order valence-electron chi connectivity index (χ3n) is 4.53. The molecule has 124 valence electrons. The van der Waals surface area contributed by atoms with Gasteiger partial charge in [-0.25, -0.2) is 0 Å². The SMILES string of the molecule is Cc1ccc(NC(=O)C(C)n2ccc3cc(C(C)C)ccc32)cc1. The Bertz CT molecular complexity index is 859. The number of nitrogens with zero attached hydrogens (tertiary/aromatic N) is 1. The van der Waals surface area contributed by atoms with Crippen molar-refractivity contribution in [2.75, 3.05) is 5.32 Å². The Kier molecular flexibility index (Phi) is 4.43. The smallest absolute Gasteiger partial charge is 0.247 e. The van der Waals surface area contributed by atoms with Gasteiger partial charge in [-0.05, 0) is 61.0 Å². The van der Waals surface area contributed by atoms with Crippen LogP contribution in [0.1, 0.15) is 43.9 Å². The summed E-state index contributed by atoms with van der Waals surface area (Å²) in [5.41, 5.74) is 4.41. The molecule has 0 radical (unpaired) electrons. The number of carbonyl (C=O) groups is 1. The van der Waals surface area contributed by atoms with E-state index in [1.807, 2.05) is 48.9 Å². The van der Waals surface area contributed by atoms with Gasteiger partial charge in [0.15, 0.2) is 0 Å². The molecular formula is C21H24N2O. The second-order valence-corrected chi connectivity index (χ2v) is 6.73. The van der Waals surface area contributed by atoms with Gasteiger partial charge in [0.1, 0.15) is 6.04 Å². The van der Waals surface area contributed by atoms with Crippen molar-refractivity contribution >= 4 is 22.5 Å². The third kappa shape index (κ3) is 3.21. The Morgan fingerprint density at radius 1 is 1.00 bits per heavy atom. The number of aryl methyl sites for hydroxylation is 1. The Labute approximate surface area is 143 Å². The normalized spacial score (nSPS) is 12.5. The molecular weight excluding hydrogens is 296 g/mol. The van der Waals surface area contributed by atoms with E-state index in [0.29, 0.717) is 5.92 Å². The highest BCUT2D eigenvalue weighted by molar-refractivity contribution is 5.95. The monoisotopic (exact) mass is 320 g/mol. The average Bonchev–Trinajstić information content (AvgIpc) is 2.99. The van der Waals surface area contributed by atoms with E-state index in [2.05, 4.69) is 43.4 Å². The molecule has 1 aromatic heterocycles. The van der Waals surface area contributed by atoms with Gasteiger partial charge in [0.05, 0.1) is 0 Å². The molecule has 3 aromatic rings. The molecule has 3 rings (SSSR count).